The van der Waals surface area contributed by atoms with Crippen molar-refractivity contribution in [3.8, 4) is 5.75 Å². The lowest BCUT2D eigenvalue weighted by molar-refractivity contribution is 0.0831. The molecule has 0 spiro atoms. The van der Waals surface area contributed by atoms with E-state index in [4.69, 9.17) is 4.74 Å². The summed E-state index contributed by atoms with van der Waals surface area (Å²) in [7, 11) is 6.02. The number of rotatable bonds is 9. The maximum atomic E-state index is 9.90. The Labute approximate surface area is 168 Å². The third-order valence-corrected chi connectivity index (χ3v) is 4.71. The van der Waals surface area contributed by atoms with E-state index in [2.05, 4.69) is 66.5 Å². The smallest absolute Gasteiger partial charge is 0.119 e. The van der Waals surface area contributed by atoms with Crippen molar-refractivity contribution in [2.75, 3.05) is 34.3 Å². The van der Waals surface area contributed by atoms with E-state index >= 15 is 0 Å². The second kappa shape index (κ2) is 9.69. The highest BCUT2D eigenvalue weighted by Gasteiger charge is 2.08. The van der Waals surface area contributed by atoms with E-state index in [9.17, 15) is 5.11 Å². The lowest BCUT2D eigenvalue weighted by atomic mass is 10.0. The van der Waals surface area contributed by atoms with Gasteiger partial charge in [0.25, 0.3) is 0 Å². The number of hydrogen-bond donors (Lipinski definition) is 1. The first-order chi connectivity index (χ1) is 13.5. The summed E-state index contributed by atoms with van der Waals surface area (Å²) in [5.74, 6) is 0.790. The molecule has 0 unspecified atom stereocenters. The van der Waals surface area contributed by atoms with Crippen LogP contribution < -0.4 is 4.74 Å². The molecule has 3 rings (SSSR count). The van der Waals surface area contributed by atoms with Crippen LogP contribution in [0.15, 0.2) is 66.7 Å². The molecule has 0 amide bonds. The van der Waals surface area contributed by atoms with Crippen LogP contribution in [0.1, 0.15) is 11.1 Å². The standard InChI is InChI=1S/C24H30N2O2/c1-25(2)17-22(27)18-28-23-13-11-19(12-14-23)15-26(3)16-21-9-6-8-20-7-4-5-10-24(20)21/h4-14,22,27H,15-18H2,1-3H3/t22-/m1/s1. The van der Waals surface area contributed by atoms with Crippen LogP contribution in [0.2, 0.25) is 0 Å². The van der Waals surface area contributed by atoms with Gasteiger partial charge in [0, 0.05) is 19.6 Å². The Morgan fingerprint density at radius 3 is 2.32 bits per heavy atom. The summed E-state index contributed by atoms with van der Waals surface area (Å²) in [4.78, 5) is 4.27. The Balaban J connectivity index is 1.55. The molecular weight excluding hydrogens is 348 g/mol. The zero-order chi connectivity index (χ0) is 19.9. The summed E-state index contributed by atoms with van der Waals surface area (Å²) in [6, 6.07) is 23.2. The number of nitrogens with zero attached hydrogens (tertiary/aromatic N) is 2. The second-order valence-corrected chi connectivity index (χ2v) is 7.68. The minimum Gasteiger partial charge on any atom is -0.491 e. The third kappa shape index (κ3) is 5.80. The Kier molecular flexibility index (Phi) is 7.04. The largest absolute Gasteiger partial charge is 0.491 e. The van der Waals surface area contributed by atoms with Gasteiger partial charge in [0.05, 0.1) is 0 Å². The van der Waals surface area contributed by atoms with Crippen LogP contribution in [0.25, 0.3) is 10.8 Å². The number of benzene rings is 3. The van der Waals surface area contributed by atoms with Crippen LogP contribution in [-0.4, -0.2) is 55.3 Å². The molecule has 1 atom stereocenters. The first-order valence-corrected chi connectivity index (χ1v) is 9.71. The molecule has 0 aliphatic carbocycles. The van der Waals surface area contributed by atoms with E-state index in [-0.39, 0.29) is 0 Å². The summed E-state index contributed by atoms with van der Waals surface area (Å²) in [6.07, 6.45) is -0.485. The van der Waals surface area contributed by atoms with Crippen LogP contribution in [0.5, 0.6) is 5.75 Å². The van der Waals surface area contributed by atoms with Crippen molar-refractivity contribution >= 4 is 10.8 Å². The summed E-state index contributed by atoms with van der Waals surface area (Å²) < 4.78 is 5.68. The van der Waals surface area contributed by atoms with Gasteiger partial charge in [-0.05, 0) is 55.2 Å². The number of aliphatic hydroxyl groups is 1. The maximum Gasteiger partial charge on any atom is 0.119 e. The number of ether oxygens (including phenoxy) is 1. The number of aliphatic hydroxyl groups excluding tert-OH is 1. The number of hydrogen-bond acceptors (Lipinski definition) is 4. The van der Waals surface area contributed by atoms with E-state index in [0.29, 0.717) is 13.2 Å². The molecule has 0 saturated carbocycles. The van der Waals surface area contributed by atoms with Gasteiger partial charge in [-0.15, -0.1) is 0 Å². The van der Waals surface area contributed by atoms with Gasteiger partial charge in [0.15, 0.2) is 0 Å². The fourth-order valence-electron chi connectivity index (χ4n) is 3.45. The van der Waals surface area contributed by atoms with E-state index in [1.807, 2.05) is 31.1 Å². The van der Waals surface area contributed by atoms with Crippen molar-refractivity contribution in [2.24, 2.45) is 0 Å². The van der Waals surface area contributed by atoms with Crippen molar-refractivity contribution in [2.45, 2.75) is 19.2 Å². The highest BCUT2D eigenvalue weighted by atomic mass is 16.5. The van der Waals surface area contributed by atoms with Crippen molar-refractivity contribution in [1.82, 2.24) is 9.80 Å². The van der Waals surface area contributed by atoms with E-state index in [1.165, 1.54) is 21.9 Å². The lowest BCUT2D eigenvalue weighted by Gasteiger charge is -2.19. The molecule has 0 radical (unpaired) electrons. The Hall–Kier alpha value is -2.40. The van der Waals surface area contributed by atoms with Gasteiger partial charge in [0.1, 0.15) is 18.5 Å². The highest BCUT2D eigenvalue weighted by molar-refractivity contribution is 5.85. The molecule has 0 heterocycles. The third-order valence-electron chi connectivity index (χ3n) is 4.71. The van der Waals surface area contributed by atoms with Crippen LogP contribution in [0, 0.1) is 0 Å². The van der Waals surface area contributed by atoms with E-state index < -0.39 is 6.10 Å². The monoisotopic (exact) mass is 378 g/mol. The van der Waals surface area contributed by atoms with Crippen molar-refractivity contribution < 1.29 is 9.84 Å². The summed E-state index contributed by atoms with van der Waals surface area (Å²) >= 11 is 0. The molecule has 0 saturated heterocycles. The molecule has 3 aromatic carbocycles. The summed E-state index contributed by atoms with van der Waals surface area (Å²) in [5, 5.41) is 12.5. The molecule has 0 aliphatic heterocycles. The van der Waals surface area contributed by atoms with E-state index in [0.717, 1.165) is 18.8 Å². The molecule has 0 bridgehead atoms. The molecule has 0 aromatic heterocycles. The molecule has 0 fully saturated rings. The SMILES string of the molecule is CN(C)C[C@@H](O)COc1ccc(CN(C)Cc2cccc3ccccc23)cc1. The van der Waals surface area contributed by atoms with Crippen LogP contribution in [0.4, 0.5) is 0 Å². The lowest BCUT2D eigenvalue weighted by Crippen LogP contribution is -2.30. The number of fused-ring (bicyclic) bond motifs is 1. The number of likely N-dealkylation sites (N-methyl/N-ethyl adjacent to an activating group) is 1. The van der Waals surface area contributed by atoms with Crippen LogP contribution in [-0.2, 0) is 13.1 Å². The fourth-order valence-corrected chi connectivity index (χ4v) is 3.45. The molecule has 3 aromatic rings. The molecule has 28 heavy (non-hydrogen) atoms. The predicted octanol–water partition coefficient (Wildman–Crippen LogP) is 3.77. The van der Waals surface area contributed by atoms with Gasteiger partial charge in [-0.25, -0.2) is 0 Å². The molecule has 4 nitrogen and oxygen atoms in total. The van der Waals surface area contributed by atoms with Crippen LogP contribution >= 0.6 is 0 Å². The van der Waals surface area contributed by atoms with Crippen molar-refractivity contribution in [3.63, 3.8) is 0 Å². The molecule has 1 N–H and O–H groups in total. The normalized spacial score (nSPS) is 12.6. The first kappa shape index (κ1) is 20.3. The van der Waals surface area contributed by atoms with E-state index in [1.54, 1.807) is 0 Å². The molecule has 0 aliphatic rings. The minimum absolute atomic E-state index is 0.304. The van der Waals surface area contributed by atoms with Gasteiger partial charge < -0.3 is 14.7 Å². The Morgan fingerprint density at radius 1 is 0.857 bits per heavy atom. The predicted molar refractivity (Wildman–Crippen MR) is 116 cm³/mol. The average Bonchev–Trinajstić information content (AvgIpc) is 2.67. The first-order valence-electron chi connectivity index (χ1n) is 9.71. The second-order valence-electron chi connectivity index (χ2n) is 7.68. The summed E-state index contributed by atoms with van der Waals surface area (Å²) in [5.41, 5.74) is 2.58. The highest BCUT2D eigenvalue weighted by Crippen LogP contribution is 2.21. The quantitative estimate of drug-likeness (QED) is 0.615. The van der Waals surface area contributed by atoms with Crippen molar-refractivity contribution in [3.05, 3.63) is 77.9 Å². The fraction of sp³-hybridized carbons (Fsp3) is 0.333. The van der Waals surface area contributed by atoms with Gasteiger partial charge in [-0.2, -0.15) is 0 Å². The molecular formula is C24H30N2O2. The van der Waals surface area contributed by atoms with Gasteiger partial charge in [-0.1, -0.05) is 54.6 Å². The molecule has 148 valence electrons. The molecule has 4 heteroatoms. The Bertz CT molecular complexity index is 872. The minimum atomic E-state index is -0.485. The van der Waals surface area contributed by atoms with Crippen molar-refractivity contribution in [1.29, 1.82) is 0 Å². The van der Waals surface area contributed by atoms with Gasteiger partial charge in [-0.3, -0.25) is 4.90 Å². The topological polar surface area (TPSA) is 35.9 Å². The maximum absolute atomic E-state index is 9.90. The van der Waals surface area contributed by atoms with Crippen LogP contribution in [0.3, 0.4) is 0 Å². The summed E-state index contributed by atoms with van der Waals surface area (Å²) in [6.45, 7) is 2.67. The van der Waals surface area contributed by atoms with Gasteiger partial charge in [0.2, 0.25) is 0 Å². The van der Waals surface area contributed by atoms with Gasteiger partial charge >= 0.3 is 0 Å². The zero-order valence-corrected chi connectivity index (χ0v) is 17.0. The average molecular weight is 379 g/mol. The zero-order valence-electron chi connectivity index (χ0n) is 17.0. The Morgan fingerprint density at radius 2 is 1.57 bits per heavy atom.